The number of hydrogen-bond donors (Lipinski definition) is 2. The van der Waals surface area contributed by atoms with Crippen LogP contribution in [0.15, 0.2) is 12.3 Å². The summed E-state index contributed by atoms with van der Waals surface area (Å²) in [6.45, 7) is 1.35. The lowest BCUT2D eigenvalue weighted by Gasteiger charge is -2.33. The minimum atomic E-state index is -0.381. The first-order valence-corrected chi connectivity index (χ1v) is 7.84. The van der Waals surface area contributed by atoms with Gasteiger partial charge in [-0.15, -0.1) is 0 Å². The van der Waals surface area contributed by atoms with Gasteiger partial charge >= 0.3 is 6.03 Å². The predicted molar refractivity (Wildman–Crippen MR) is 81.5 cm³/mol. The number of rotatable bonds is 3. The molecule has 2 aliphatic rings. The van der Waals surface area contributed by atoms with Crippen LogP contribution < -0.4 is 10.6 Å². The molecule has 1 saturated carbocycles. The highest BCUT2D eigenvalue weighted by atomic mass is 35.5. The molecule has 1 aliphatic heterocycles. The van der Waals surface area contributed by atoms with Crippen LogP contribution in [0.3, 0.4) is 0 Å². The van der Waals surface area contributed by atoms with Gasteiger partial charge in [-0.1, -0.05) is 11.6 Å². The number of hydrogen-bond acceptors (Lipinski definition) is 4. The molecule has 7 nitrogen and oxygen atoms in total. The van der Waals surface area contributed by atoms with Crippen LogP contribution in [0.5, 0.6) is 0 Å². The second-order valence-corrected chi connectivity index (χ2v) is 6.09. The maximum Gasteiger partial charge on any atom is 0.321 e. The van der Waals surface area contributed by atoms with E-state index in [1.165, 1.54) is 12.3 Å². The fourth-order valence-corrected chi connectivity index (χ4v) is 2.74. The fourth-order valence-electron chi connectivity index (χ4n) is 2.60. The molecule has 3 rings (SSSR count). The van der Waals surface area contributed by atoms with E-state index in [1.54, 1.807) is 0 Å². The molecule has 8 heteroatoms. The zero-order valence-electron chi connectivity index (χ0n) is 12.1. The van der Waals surface area contributed by atoms with Gasteiger partial charge in [0.05, 0.1) is 0 Å². The van der Waals surface area contributed by atoms with Crippen molar-refractivity contribution in [3.8, 4) is 0 Å². The zero-order chi connectivity index (χ0) is 15.5. The Morgan fingerprint density at radius 1 is 1.32 bits per heavy atom. The smallest absolute Gasteiger partial charge is 0.321 e. The van der Waals surface area contributed by atoms with Gasteiger partial charge in [0.25, 0.3) is 0 Å². The van der Waals surface area contributed by atoms with Gasteiger partial charge in [0.1, 0.15) is 5.15 Å². The van der Waals surface area contributed by atoms with E-state index in [0.717, 1.165) is 32.2 Å². The summed E-state index contributed by atoms with van der Waals surface area (Å²) in [5.74, 6) is 0.601. The number of aromatic nitrogens is 2. The Kier molecular flexibility index (Phi) is 4.42. The monoisotopic (exact) mass is 323 g/mol. The minimum Gasteiger partial charge on any atom is -0.340 e. The molecule has 2 fully saturated rings. The summed E-state index contributed by atoms with van der Waals surface area (Å²) in [6, 6.07) is 1.11. The van der Waals surface area contributed by atoms with Crippen molar-refractivity contribution in [2.75, 3.05) is 18.4 Å². The number of likely N-dealkylation sites (tertiary alicyclic amines) is 1. The van der Waals surface area contributed by atoms with Crippen LogP contribution in [-0.4, -0.2) is 45.9 Å². The quantitative estimate of drug-likeness (QED) is 0.828. The molecule has 1 aromatic heterocycles. The van der Waals surface area contributed by atoms with Gasteiger partial charge < -0.3 is 10.2 Å². The van der Waals surface area contributed by atoms with Crippen LogP contribution in [0.2, 0.25) is 5.15 Å². The number of piperidine rings is 1. The lowest BCUT2D eigenvalue weighted by Crippen LogP contribution is -2.51. The highest BCUT2D eigenvalue weighted by Crippen LogP contribution is 2.31. The normalized spacial score (nSPS) is 21.3. The molecular formula is C14H18ClN5O2. The van der Waals surface area contributed by atoms with Crippen LogP contribution >= 0.6 is 11.6 Å². The van der Waals surface area contributed by atoms with E-state index in [4.69, 9.17) is 11.6 Å². The van der Waals surface area contributed by atoms with Crippen LogP contribution in [0, 0.1) is 5.92 Å². The average molecular weight is 324 g/mol. The zero-order valence-corrected chi connectivity index (χ0v) is 12.8. The van der Waals surface area contributed by atoms with E-state index < -0.39 is 0 Å². The topological polar surface area (TPSA) is 87.2 Å². The second-order valence-electron chi connectivity index (χ2n) is 5.70. The van der Waals surface area contributed by atoms with Crippen molar-refractivity contribution in [2.24, 2.45) is 5.92 Å². The van der Waals surface area contributed by atoms with E-state index in [0.29, 0.717) is 6.54 Å². The lowest BCUT2D eigenvalue weighted by atomic mass is 10.1. The number of amides is 3. The number of urea groups is 1. The van der Waals surface area contributed by atoms with Gasteiger partial charge in [0, 0.05) is 31.2 Å². The molecule has 0 spiro atoms. The Balaban J connectivity index is 1.51. The molecule has 1 atom stereocenters. The van der Waals surface area contributed by atoms with Gasteiger partial charge in [-0.25, -0.2) is 14.8 Å². The fraction of sp³-hybridized carbons (Fsp3) is 0.571. The number of nitrogens with one attached hydrogen (secondary N) is 2. The molecule has 1 aromatic rings. The first-order chi connectivity index (χ1) is 10.6. The summed E-state index contributed by atoms with van der Waals surface area (Å²) in [7, 11) is 0. The Morgan fingerprint density at radius 3 is 2.86 bits per heavy atom. The highest BCUT2D eigenvalue weighted by Gasteiger charge is 2.35. The van der Waals surface area contributed by atoms with Crippen LogP contribution in [0.25, 0.3) is 0 Å². The summed E-state index contributed by atoms with van der Waals surface area (Å²) in [5, 5.41) is 5.68. The molecule has 0 unspecified atom stereocenters. The summed E-state index contributed by atoms with van der Waals surface area (Å²) in [5.41, 5.74) is 0. The maximum absolute atomic E-state index is 12.1. The molecule has 0 aromatic carbocycles. The van der Waals surface area contributed by atoms with Gasteiger partial charge in [0.2, 0.25) is 11.9 Å². The molecule has 0 bridgehead atoms. The van der Waals surface area contributed by atoms with Crippen LogP contribution in [-0.2, 0) is 4.79 Å². The van der Waals surface area contributed by atoms with E-state index in [1.807, 2.05) is 4.90 Å². The van der Waals surface area contributed by atoms with Crippen molar-refractivity contribution in [3.63, 3.8) is 0 Å². The lowest BCUT2D eigenvalue weighted by molar-refractivity contribution is -0.133. The molecule has 3 amide bonds. The SMILES string of the molecule is O=C(Nc1nccc(Cl)n1)N[C@H]1CCCN(C(=O)C2CC2)C1. The molecule has 1 saturated heterocycles. The van der Waals surface area contributed by atoms with Crippen molar-refractivity contribution in [3.05, 3.63) is 17.4 Å². The third-order valence-corrected chi connectivity index (χ3v) is 4.05. The first kappa shape index (κ1) is 15.0. The molecule has 2 heterocycles. The molecule has 1 aliphatic carbocycles. The Labute approximate surface area is 133 Å². The number of carbonyl (C=O) groups is 2. The largest absolute Gasteiger partial charge is 0.340 e. The Bertz CT molecular complexity index is 578. The van der Waals surface area contributed by atoms with Gasteiger partial charge in [-0.2, -0.15) is 0 Å². The summed E-state index contributed by atoms with van der Waals surface area (Å²) >= 11 is 5.74. The maximum atomic E-state index is 12.1. The van der Waals surface area contributed by atoms with Crippen molar-refractivity contribution in [1.82, 2.24) is 20.2 Å². The van der Waals surface area contributed by atoms with Crippen LogP contribution in [0.4, 0.5) is 10.7 Å². The first-order valence-electron chi connectivity index (χ1n) is 7.46. The number of nitrogens with zero attached hydrogens (tertiary/aromatic N) is 3. The van der Waals surface area contributed by atoms with E-state index in [2.05, 4.69) is 20.6 Å². The molecule has 0 radical (unpaired) electrons. The highest BCUT2D eigenvalue weighted by molar-refractivity contribution is 6.29. The number of halogens is 1. The number of anilines is 1. The Hall–Kier alpha value is -1.89. The van der Waals surface area contributed by atoms with Gasteiger partial charge in [0.15, 0.2) is 0 Å². The second kappa shape index (κ2) is 6.48. The van der Waals surface area contributed by atoms with Gasteiger partial charge in [-0.3, -0.25) is 10.1 Å². The molecule has 2 N–H and O–H groups in total. The van der Waals surface area contributed by atoms with Crippen LogP contribution in [0.1, 0.15) is 25.7 Å². The summed E-state index contributed by atoms with van der Waals surface area (Å²) < 4.78 is 0. The number of carbonyl (C=O) groups excluding carboxylic acids is 2. The van der Waals surface area contributed by atoms with E-state index in [9.17, 15) is 9.59 Å². The van der Waals surface area contributed by atoms with Crippen molar-refractivity contribution in [1.29, 1.82) is 0 Å². The average Bonchev–Trinajstić information content (AvgIpc) is 3.31. The van der Waals surface area contributed by atoms with E-state index >= 15 is 0 Å². The van der Waals surface area contributed by atoms with E-state index in [-0.39, 0.29) is 35.0 Å². The van der Waals surface area contributed by atoms with Gasteiger partial charge in [-0.05, 0) is 31.7 Å². The molecule has 22 heavy (non-hydrogen) atoms. The Morgan fingerprint density at radius 2 is 2.14 bits per heavy atom. The third-order valence-electron chi connectivity index (χ3n) is 3.84. The summed E-state index contributed by atoms with van der Waals surface area (Å²) in [6.07, 6.45) is 5.23. The van der Waals surface area contributed by atoms with Crippen molar-refractivity contribution < 1.29 is 9.59 Å². The van der Waals surface area contributed by atoms with Crippen molar-refractivity contribution in [2.45, 2.75) is 31.7 Å². The standard InChI is InChI=1S/C14H18ClN5O2/c15-11-5-6-16-13(18-11)19-14(22)17-10-2-1-7-20(8-10)12(21)9-3-4-9/h5-6,9-10H,1-4,7-8H2,(H2,16,17,18,19,22)/t10-/m0/s1. The third kappa shape index (κ3) is 3.85. The predicted octanol–water partition coefficient (Wildman–Crippen LogP) is 1.65. The minimum absolute atomic E-state index is 0.0457. The molecule has 118 valence electrons. The summed E-state index contributed by atoms with van der Waals surface area (Å²) in [4.78, 5) is 33.7. The van der Waals surface area contributed by atoms with Crippen molar-refractivity contribution >= 4 is 29.5 Å². The molecular weight excluding hydrogens is 306 g/mol.